The van der Waals surface area contributed by atoms with Gasteiger partial charge in [-0.3, -0.25) is 4.84 Å². The maximum atomic E-state index is 12.0. The first-order valence-corrected chi connectivity index (χ1v) is 7.50. The Morgan fingerprint density at radius 3 is 2.53 bits per heavy atom. The van der Waals surface area contributed by atoms with Crippen molar-refractivity contribution in [2.45, 2.75) is 58.0 Å². The third-order valence-corrected chi connectivity index (χ3v) is 4.81. The van der Waals surface area contributed by atoms with E-state index in [-0.39, 0.29) is 24.2 Å². The smallest absolute Gasteiger partial charge is 0.341 e. The molecule has 19 heavy (non-hydrogen) atoms. The highest BCUT2D eigenvalue weighted by molar-refractivity contribution is 5.73. The Bertz CT molecular complexity index is 289. The summed E-state index contributed by atoms with van der Waals surface area (Å²) in [5, 5.41) is 9.47. The summed E-state index contributed by atoms with van der Waals surface area (Å²) < 4.78 is 0. The number of carbonyl (C=O) groups is 1. The van der Waals surface area contributed by atoms with Gasteiger partial charge in [0.15, 0.2) is 0 Å². The van der Waals surface area contributed by atoms with E-state index in [0.717, 1.165) is 32.1 Å². The van der Waals surface area contributed by atoms with Crippen LogP contribution in [-0.2, 0) is 4.84 Å². The number of carbonyl (C=O) groups excluding carboxylic acids is 1. The van der Waals surface area contributed by atoms with Crippen molar-refractivity contribution in [2.75, 3.05) is 19.7 Å². The number of urea groups is 1. The lowest BCUT2D eigenvalue weighted by Crippen LogP contribution is -2.48. The van der Waals surface area contributed by atoms with Crippen LogP contribution in [0.15, 0.2) is 0 Å². The van der Waals surface area contributed by atoms with Gasteiger partial charge in [-0.1, -0.05) is 19.8 Å². The summed E-state index contributed by atoms with van der Waals surface area (Å²) in [7, 11) is 0. The van der Waals surface area contributed by atoms with Gasteiger partial charge in [0.2, 0.25) is 0 Å². The number of nitrogens with zero attached hydrogens (tertiary/aromatic N) is 1. The Kier molecular flexibility index (Phi) is 5.05. The molecule has 1 aliphatic carbocycles. The van der Waals surface area contributed by atoms with E-state index < -0.39 is 0 Å². The first-order valence-electron chi connectivity index (χ1n) is 7.50. The van der Waals surface area contributed by atoms with Crippen molar-refractivity contribution in [3.05, 3.63) is 0 Å². The van der Waals surface area contributed by atoms with Crippen LogP contribution < -0.4 is 5.48 Å². The summed E-state index contributed by atoms with van der Waals surface area (Å²) in [5.41, 5.74) is 2.60. The van der Waals surface area contributed by atoms with Crippen molar-refractivity contribution >= 4 is 6.03 Å². The molecule has 110 valence electrons. The predicted octanol–water partition coefficient (Wildman–Crippen LogP) is 2.05. The van der Waals surface area contributed by atoms with Crippen molar-refractivity contribution < 1.29 is 14.7 Å². The predicted molar refractivity (Wildman–Crippen MR) is 72.5 cm³/mol. The number of aliphatic hydroxyl groups is 1. The molecular formula is C14H26N2O3. The molecule has 0 aromatic carbocycles. The van der Waals surface area contributed by atoms with E-state index in [1.165, 1.54) is 12.8 Å². The van der Waals surface area contributed by atoms with Gasteiger partial charge in [0.25, 0.3) is 0 Å². The first-order chi connectivity index (χ1) is 9.19. The second-order valence-corrected chi connectivity index (χ2v) is 5.93. The number of hydrogen-bond donors (Lipinski definition) is 2. The quantitative estimate of drug-likeness (QED) is 0.769. The third kappa shape index (κ3) is 3.60. The Labute approximate surface area is 115 Å². The number of nitrogens with one attached hydrogen (secondary N) is 1. The van der Waals surface area contributed by atoms with Gasteiger partial charge in [0.05, 0.1) is 6.10 Å². The standard InChI is InChI=1S/C14H26N2O3/c1-2-14(11-17)7-9-16(10-8-14)13(18)15-19-12-5-3-4-6-12/h12,17H,2-11H2,1H3,(H,15,18). The van der Waals surface area contributed by atoms with E-state index in [4.69, 9.17) is 4.84 Å². The zero-order chi connectivity index (χ0) is 13.7. The lowest BCUT2D eigenvalue weighted by atomic mass is 9.77. The Morgan fingerprint density at radius 1 is 1.37 bits per heavy atom. The average molecular weight is 270 g/mol. The minimum Gasteiger partial charge on any atom is -0.396 e. The molecule has 0 aromatic heterocycles. The summed E-state index contributed by atoms with van der Waals surface area (Å²) in [6, 6.07) is -0.130. The molecule has 0 spiro atoms. The molecule has 0 unspecified atom stereocenters. The minimum atomic E-state index is -0.130. The Balaban J connectivity index is 1.72. The van der Waals surface area contributed by atoms with E-state index in [9.17, 15) is 9.90 Å². The molecule has 2 amide bonds. The maximum Gasteiger partial charge on any atom is 0.341 e. The highest BCUT2D eigenvalue weighted by Gasteiger charge is 2.34. The summed E-state index contributed by atoms with van der Waals surface area (Å²) in [6.45, 7) is 3.73. The maximum absolute atomic E-state index is 12.0. The minimum absolute atomic E-state index is 0.0170. The van der Waals surface area contributed by atoms with Crippen LogP contribution in [0.4, 0.5) is 4.79 Å². The van der Waals surface area contributed by atoms with Crippen LogP contribution in [0.25, 0.3) is 0 Å². The molecule has 0 atom stereocenters. The monoisotopic (exact) mass is 270 g/mol. The number of amides is 2. The lowest BCUT2D eigenvalue weighted by Gasteiger charge is -2.40. The fourth-order valence-electron chi connectivity index (χ4n) is 3.01. The fraction of sp³-hybridized carbons (Fsp3) is 0.929. The second kappa shape index (κ2) is 6.57. The molecule has 5 heteroatoms. The summed E-state index contributed by atoms with van der Waals surface area (Å²) in [4.78, 5) is 19.2. The highest BCUT2D eigenvalue weighted by atomic mass is 16.7. The average Bonchev–Trinajstić information content (AvgIpc) is 2.98. The molecule has 5 nitrogen and oxygen atoms in total. The summed E-state index contributed by atoms with van der Waals surface area (Å²) in [5.74, 6) is 0. The molecule has 1 saturated heterocycles. The molecule has 1 heterocycles. The van der Waals surface area contributed by atoms with Crippen LogP contribution in [0.2, 0.25) is 0 Å². The molecule has 0 aromatic rings. The molecule has 2 aliphatic rings. The SMILES string of the molecule is CCC1(CO)CCN(C(=O)NOC2CCCC2)CC1. The number of piperidine rings is 1. The van der Waals surface area contributed by atoms with Gasteiger partial charge in [0, 0.05) is 19.7 Å². The number of likely N-dealkylation sites (tertiary alicyclic amines) is 1. The first kappa shape index (κ1) is 14.6. The van der Waals surface area contributed by atoms with Crippen molar-refractivity contribution in [3.8, 4) is 0 Å². The van der Waals surface area contributed by atoms with Crippen LogP contribution in [0, 0.1) is 5.41 Å². The number of aliphatic hydroxyl groups excluding tert-OH is 1. The van der Waals surface area contributed by atoms with Gasteiger partial charge in [0.1, 0.15) is 0 Å². The van der Waals surface area contributed by atoms with E-state index in [2.05, 4.69) is 12.4 Å². The Morgan fingerprint density at radius 2 is 2.00 bits per heavy atom. The molecular weight excluding hydrogens is 244 g/mol. The van der Waals surface area contributed by atoms with Gasteiger partial charge >= 0.3 is 6.03 Å². The molecule has 1 aliphatic heterocycles. The Hall–Kier alpha value is -0.810. The molecule has 1 saturated carbocycles. The van der Waals surface area contributed by atoms with Gasteiger partial charge in [-0.25, -0.2) is 10.3 Å². The normalized spacial score (nSPS) is 23.6. The number of rotatable bonds is 4. The van der Waals surface area contributed by atoms with Gasteiger partial charge in [-0.15, -0.1) is 0 Å². The van der Waals surface area contributed by atoms with Gasteiger partial charge in [-0.05, 0) is 37.5 Å². The molecule has 2 N–H and O–H groups in total. The van der Waals surface area contributed by atoms with Crippen molar-refractivity contribution in [1.82, 2.24) is 10.4 Å². The number of hydroxylamine groups is 1. The van der Waals surface area contributed by atoms with E-state index in [1.807, 2.05) is 0 Å². The van der Waals surface area contributed by atoms with Crippen LogP contribution in [0.1, 0.15) is 51.9 Å². The summed E-state index contributed by atoms with van der Waals surface area (Å²) in [6.07, 6.45) is 7.39. The number of hydrogen-bond acceptors (Lipinski definition) is 3. The van der Waals surface area contributed by atoms with Crippen LogP contribution in [-0.4, -0.2) is 41.8 Å². The lowest BCUT2D eigenvalue weighted by molar-refractivity contribution is -0.0156. The van der Waals surface area contributed by atoms with Gasteiger partial charge < -0.3 is 10.0 Å². The van der Waals surface area contributed by atoms with Crippen molar-refractivity contribution in [3.63, 3.8) is 0 Å². The largest absolute Gasteiger partial charge is 0.396 e. The third-order valence-electron chi connectivity index (χ3n) is 4.81. The van der Waals surface area contributed by atoms with Gasteiger partial charge in [-0.2, -0.15) is 0 Å². The zero-order valence-corrected chi connectivity index (χ0v) is 11.9. The van der Waals surface area contributed by atoms with E-state index in [0.29, 0.717) is 13.1 Å². The van der Waals surface area contributed by atoms with E-state index in [1.54, 1.807) is 4.90 Å². The fourth-order valence-corrected chi connectivity index (χ4v) is 3.01. The van der Waals surface area contributed by atoms with Crippen LogP contribution in [0.5, 0.6) is 0 Å². The second-order valence-electron chi connectivity index (χ2n) is 5.93. The van der Waals surface area contributed by atoms with Crippen molar-refractivity contribution in [1.29, 1.82) is 0 Å². The topological polar surface area (TPSA) is 61.8 Å². The molecule has 0 bridgehead atoms. The van der Waals surface area contributed by atoms with Crippen LogP contribution in [0.3, 0.4) is 0 Å². The highest BCUT2D eigenvalue weighted by Crippen LogP contribution is 2.34. The zero-order valence-electron chi connectivity index (χ0n) is 11.9. The molecule has 2 rings (SSSR count). The molecule has 2 fully saturated rings. The van der Waals surface area contributed by atoms with Crippen molar-refractivity contribution in [2.24, 2.45) is 5.41 Å². The summed E-state index contributed by atoms with van der Waals surface area (Å²) >= 11 is 0. The van der Waals surface area contributed by atoms with Crippen LogP contribution >= 0.6 is 0 Å². The van der Waals surface area contributed by atoms with E-state index >= 15 is 0 Å². The molecule has 0 radical (unpaired) electrons.